The van der Waals surface area contributed by atoms with E-state index in [0.717, 1.165) is 12.8 Å². The summed E-state index contributed by atoms with van der Waals surface area (Å²) in [4.78, 5) is 0. The van der Waals surface area contributed by atoms with E-state index < -0.39 is 0 Å². The molecule has 2 aliphatic carbocycles. The van der Waals surface area contributed by atoms with Crippen molar-refractivity contribution in [1.82, 2.24) is 0 Å². The minimum absolute atomic E-state index is 0.366. The SMILES string of the molecule is C1=C[C@H]2c3cc4c(cc3N[C@@H](c3ccccc3)[C@H]2C1)[C@@H]1C=CC[C@@H]1[C@H](c1ccccc1)N4. The Kier molecular flexibility index (Phi) is 4.08. The number of hydrogen-bond donors (Lipinski definition) is 2. The summed E-state index contributed by atoms with van der Waals surface area (Å²) in [5, 5.41) is 7.93. The van der Waals surface area contributed by atoms with Crippen LogP contribution in [0.3, 0.4) is 0 Å². The first-order valence-corrected chi connectivity index (χ1v) is 12.0. The summed E-state index contributed by atoms with van der Waals surface area (Å²) >= 11 is 0. The zero-order valence-corrected chi connectivity index (χ0v) is 18.1. The van der Waals surface area contributed by atoms with Gasteiger partial charge in [0.2, 0.25) is 0 Å². The average molecular weight is 417 g/mol. The fourth-order valence-electron chi connectivity index (χ4n) is 6.66. The Bertz CT molecular complexity index is 1110. The molecule has 2 N–H and O–H groups in total. The Labute approximate surface area is 190 Å². The first kappa shape index (κ1) is 18.3. The maximum absolute atomic E-state index is 3.97. The van der Waals surface area contributed by atoms with Gasteiger partial charge in [-0.05, 0) is 59.1 Å². The molecule has 4 aliphatic rings. The lowest BCUT2D eigenvalue weighted by molar-refractivity contribution is 0.417. The van der Waals surface area contributed by atoms with Crippen molar-refractivity contribution in [3.8, 4) is 0 Å². The van der Waals surface area contributed by atoms with Crippen LogP contribution in [-0.4, -0.2) is 0 Å². The van der Waals surface area contributed by atoms with Crippen molar-refractivity contribution in [2.75, 3.05) is 10.6 Å². The van der Waals surface area contributed by atoms with Crippen LogP contribution in [-0.2, 0) is 0 Å². The van der Waals surface area contributed by atoms with Crippen LogP contribution in [0.1, 0.15) is 59.0 Å². The highest BCUT2D eigenvalue weighted by Gasteiger charge is 2.42. The fraction of sp³-hybridized carbons (Fsp3) is 0.267. The van der Waals surface area contributed by atoms with Crippen molar-refractivity contribution >= 4 is 11.4 Å². The molecule has 7 rings (SSSR count). The molecular formula is C30H28N2. The lowest BCUT2D eigenvalue weighted by Gasteiger charge is -2.41. The lowest BCUT2D eigenvalue weighted by atomic mass is 9.73. The summed E-state index contributed by atoms with van der Waals surface area (Å²) in [5.41, 5.74) is 8.35. The second-order valence-electron chi connectivity index (χ2n) is 9.80. The van der Waals surface area contributed by atoms with Gasteiger partial charge in [0.1, 0.15) is 0 Å². The maximum Gasteiger partial charge on any atom is 0.0553 e. The Hall–Kier alpha value is -3.26. The Balaban J connectivity index is 1.33. The Morgan fingerprint density at radius 1 is 0.562 bits per heavy atom. The van der Waals surface area contributed by atoms with E-state index in [4.69, 9.17) is 0 Å². The quantitative estimate of drug-likeness (QED) is 0.427. The third kappa shape index (κ3) is 2.72. The molecule has 0 bridgehead atoms. The summed E-state index contributed by atoms with van der Waals surface area (Å²) < 4.78 is 0. The van der Waals surface area contributed by atoms with Gasteiger partial charge in [0.15, 0.2) is 0 Å². The number of nitrogens with one attached hydrogen (secondary N) is 2. The van der Waals surface area contributed by atoms with Crippen LogP contribution in [0, 0.1) is 11.8 Å². The van der Waals surface area contributed by atoms with Gasteiger partial charge in [-0.15, -0.1) is 0 Å². The largest absolute Gasteiger partial charge is 0.378 e. The molecule has 3 aromatic rings. The third-order valence-corrected chi connectivity index (χ3v) is 8.16. The molecule has 0 saturated heterocycles. The van der Waals surface area contributed by atoms with Gasteiger partial charge in [0.25, 0.3) is 0 Å². The normalized spacial score (nSPS) is 31.1. The first-order valence-electron chi connectivity index (χ1n) is 12.0. The molecule has 0 spiro atoms. The van der Waals surface area contributed by atoms with E-state index in [9.17, 15) is 0 Å². The second kappa shape index (κ2) is 7.13. The Morgan fingerprint density at radius 3 is 1.44 bits per heavy atom. The molecular weight excluding hydrogens is 388 g/mol. The number of rotatable bonds is 2. The Morgan fingerprint density at radius 2 is 1.00 bits per heavy atom. The standard InChI is InChI=1S/C30H28N2/c1-3-9-19(10-4-1)29-23-15-7-13-21(23)25-18-28-26(17-27(25)31-29)22-14-8-16-24(22)30(32-28)20-11-5-2-6-12-20/h1-14,17-18,21-24,29-32H,15-16H2/t21-,22-,23+,24+,29+,30+/m1/s1. The van der Waals surface area contributed by atoms with Gasteiger partial charge in [-0.3, -0.25) is 0 Å². The maximum atomic E-state index is 3.97. The fourth-order valence-corrected chi connectivity index (χ4v) is 6.66. The summed E-state index contributed by atoms with van der Waals surface area (Å²) in [5.74, 6) is 2.12. The molecule has 0 saturated carbocycles. The van der Waals surface area contributed by atoms with Crippen molar-refractivity contribution in [1.29, 1.82) is 0 Å². The van der Waals surface area contributed by atoms with Gasteiger partial charge in [0, 0.05) is 23.2 Å². The highest BCUT2D eigenvalue weighted by Crippen LogP contribution is 2.55. The third-order valence-electron chi connectivity index (χ3n) is 8.16. The minimum atomic E-state index is 0.366. The van der Waals surface area contributed by atoms with E-state index in [0.29, 0.717) is 35.8 Å². The van der Waals surface area contributed by atoms with Crippen LogP contribution in [0.4, 0.5) is 11.4 Å². The zero-order chi connectivity index (χ0) is 21.1. The van der Waals surface area contributed by atoms with Crippen LogP contribution in [0.2, 0.25) is 0 Å². The van der Waals surface area contributed by atoms with E-state index in [2.05, 4.69) is 108 Å². The van der Waals surface area contributed by atoms with E-state index in [1.54, 1.807) is 0 Å². The molecule has 0 radical (unpaired) electrons. The predicted molar refractivity (Wildman–Crippen MR) is 132 cm³/mol. The van der Waals surface area contributed by atoms with Crippen LogP contribution < -0.4 is 10.6 Å². The van der Waals surface area contributed by atoms with Crippen molar-refractivity contribution < 1.29 is 0 Å². The van der Waals surface area contributed by atoms with E-state index in [1.807, 2.05) is 0 Å². The molecule has 2 aliphatic heterocycles. The van der Waals surface area contributed by atoms with Crippen LogP contribution in [0.15, 0.2) is 97.1 Å². The van der Waals surface area contributed by atoms with Gasteiger partial charge in [-0.2, -0.15) is 0 Å². The minimum Gasteiger partial charge on any atom is -0.378 e. The second-order valence-corrected chi connectivity index (χ2v) is 9.80. The smallest absolute Gasteiger partial charge is 0.0553 e. The van der Waals surface area contributed by atoms with Crippen LogP contribution >= 0.6 is 0 Å². The molecule has 2 heterocycles. The molecule has 0 unspecified atom stereocenters. The molecule has 2 nitrogen and oxygen atoms in total. The average Bonchev–Trinajstić information content (AvgIpc) is 3.54. The van der Waals surface area contributed by atoms with Gasteiger partial charge in [-0.1, -0.05) is 85.0 Å². The summed E-state index contributed by atoms with van der Waals surface area (Å²) in [6.45, 7) is 0. The molecule has 0 amide bonds. The van der Waals surface area contributed by atoms with E-state index >= 15 is 0 Å². The van der Waals surface area contributed by atoms with E-state index in [-0.39, 0.29) is 0 Å². The van der Waals surface area contributed by atoms with Gasteiger partial charge >= 0.3 is 0 Å². The predicted octanol–water partition coefficient (Wildman–Crippen LogP) is 7.34. The molecule has 6 atom stereocenters. The summed E-state index contributed by atoms with van der Waals surface area (Å²) in [6, 6.07) is 27.6. The van der Waals surface area contributed by atoms with Gasteiger partial charge in [0.05, 0.1) is 12.1 Å². The first-order chi connectivity index (χ1) is 15.9. The zero-order valence-electron chi connectivity index (χ0n) is 18.1. The van der Waals surface area contributed by atoms with Gasteiger partial charge in [-0.25, -0.2) is 0 Å². The molecule has 3 aromatic carbocycles. The number of fused-ring (bicyclic) bond motifs is 6. The molecule has 2 heteroatoms. The monoisotopic (exact) mass is 416 g/mol. The van der Waals surface area contributed by atoms with Crippen LogP contribution in [0.25, 0.3) is 0 Å². The topological polar surface area (TPSA) is 24.1 Å². The number of hydrogen-bond acceptors (Lipinski definition) is 2. The van der Waals surface area contributed by atoms with Crippen LogP contribution in [0.5, 0.6) is 0 Å². The number of allylic oxidation sites excluding steroid dienone is 4. The van der Waals surface area contributed by atoms with Crippen molar-refractivity contribution in [2.24, 2.45) is 11.8 Å². The van der Waals surface area contributed by atoms with E-state index in [1.165, 1.54) is 33.6 Å². The highest BCUT2D eigenvalue weighted by molar-refractivity contribution is 5.71. The molecule has 158 valence electrons. The summed E-state index contributed by atoms with van der Waals surface area (Å²) in [7, 11) is 0. The van der Waals surface area contributed by atoms with Gasteiger partial charge < -0.3 is 10.6 Å². The number of benzene rings is 3. The molecule has 0 fully saturated rings. The molecule has 32 heavy (non-hydrogen) atoms. The molecule has 0 aromatic heterocycles. The van der Waals surface area contributed by atoms with Crippen molar-refractivity contribution in [3.63, 3.8) is 0 Å². The van der Waals surface area contributed by atoms with Crippen molar-refractivity contribution in [2.45, 2.75) is 36.8 Å². The lowest BCUT2D eigenvalue weighted by Crippen LogP contribution is -2.32. The van der Waals surface area contributed by atoms with Crippen molar-refractivity contribution in [3.05, 3.63) is 119 Å². The highest BCUT2D eigenvalue weighted by atomic mass is 15.0. The number of anilines is 2. The summed E-state index contributed by atoms with van der Waals surface area (Å²) in [6.07, 6.45) is 11.9.